The number of carboxylic acid groups (broad SMARTS) is 2. The zero-order valence-corrected chi connectivity index (χ0v) is 20.8. The van der Waals surface area contributed by atoms with Crippen molar-refractivity contribution in [2.75, 3.05) is 0 Å². The van der Waals surface area contributed by atoms with Gasteiger partial charge in [0.25, 0.3) is 0 Å². The van der Waals surface area contributed by atoms with Crippen LogP contribution in [0.25, 0.3) is 0 Å². The van der Waals surface area contributed by atoms with Gasteiger partial charge in [0.1, 0.15) is 18.1 Å². The van der Waals surface area contributed by atoms with Crippen LogP contribution in [0.3, 0.4) is 0 Å². The molecular weight excluding hydrogens is 486 g/mol. The van der Waals surface area contributed by atoms with E-state index in [1.165, 1.54) is 0 Å². The molecule has 0 radical (unpaired) electrons. The SMILES string of the molecule is CC(C)C(NC(=O)C(CCC(=O)O)NC(=O)C(N)CCC(N)=O)C(=O)NC(Cc1ccccc1)C(=O)O. The molecule has 0 fully saturated rings. The van der Waals surface area contributed by atoms with E-state index >= 15 is 0 Å². The molecule has 4 atom stereocenters. The Hall–Kier alpha value is -4.00. The molecule has 9 N–H and O–H groups in total. The number of benzene rings is 1. The molecule has 0 saturated carbocycles. The van der Waals surface area contributed by atoms with E-state index in [0.717, 1.165) is 0 Å². The van der Waals surface area contributed by atoms with Crippen LogP contribution in [0.2, 0.25) is 0 Å². The Morgan fingerprint density at radius 2 is 1.41 bits per heavy atom. The average Bonchev–Trinajstić information content (AvgIpc) is 2.82. The van der Waals surface area contributed by atoms with Crippen LogP contribution in [0.5, 0.6) is 0 Å². The van der Waals surface area contributed by atoms with Crippen LogP contribution in [0.15, 0.2) is 30.3 Å². The zero-order chi connectivity index (χ0) is 28.1. The third-order valence-electron chi connectivity index (χ3n) is 5.46. The van der Waals surface area contributed by atoms with E-state index in [-0.39, 0.29) is 25.7 Å². The van der Waals surface area contributed by atoms with Crippen molar-refractivity contribution in [3.8, 4) is 0 Å². The molecule has 1 aromatic rings. The third kappa shape index (κ3) is 11.5. The summed E-state index contributed by atoms with van der Waals surface area (Å²) in [6, 6.07) is 3.70. The van der Waals surface area contributed by atoms with Crippen LogP contribution in [0.1, 0.15) is 45.1 Å². The first-order valence-electron chi connectivity index (χ1n) is 11.7. The van der Waals surface area contributed by atoms with E-state index in [4.69, 9.17) is 16.6 Å². The molecule has 0 aliphatic rings. The van der Waals surface area contributed by atoms with E-state index in [2.05, 4.69) is 16.0 Å². The van der Waals surface area contributed by atoms with Crippen molar-refractivity contribution in [2.45, 2.75) is 70.1 Å². The number of nitrogens with one attached hydrogen (secondary N) is 3. The van der Waals surface area contributed by atoms with E-state index in [9.17, 15) is 33.9 Å². The molecule has 0 spiro atoms. The second-order valence-corrected chi connectivity index (χ2v) is 8.92. The molecule has 1 aromatic carbocycles. The first-order valence-corrected chi connectivity index (χ1v) is 11.7. The molecule has 4 unspecified atom stereocenters. The minimum Gasteiger partial charge on any atom is -0.481 e. The smallest absolute Gasteiger partial charge is 0.326 e. The largest absolute Gasteiger partial charge is 0.481 e. The Labute approximate surface area is 214 Å². The fraction of sp³-hybridized carbons (Fsp3) is 0.500. The summed E-state index contributed by atoms with van der Waals surface area (Å²) >= 11 is 0. The van der Waals surface area contributed by atoms with Gasteiger partial charge in [-0.05, 0) is 24.3 Å². The van der Waals surface area contributed by atoms with Gasteiger partial charge in [0.2, 0.25) is 23.6 Å². The van der Waals surface area contributed by atoms with Crippen LogP contribution < -0.4 is 27.4 Å². The Morgan fingerprint density at radius 3 is 1.92 bits per heavy atom. The first-order chi connectivity index (χ1) is 17.3. The van der Waals surface area contributed by atoms with Crippen molar-refractivity contribution in [3.63, 3.8) is 0 Å². The zero-order valence-electron chi connectivity index (χ0n) is 20.8. The number of carbonyl (C=O) groups excluding carboxylic acids is 4. The highest BCUT2D eigenvalue weighted by atomic mass is 16.4. The summed E-state index contributed by atoms with van der Waals surface area (Å²) in [5, 5.41) is 25.9. The number of hydrogen-bond acceptors (Lipinski definition) is 7. The molecule has 0 aliphatic carbocycles. The number of nitrogens with two attached hydrogens (primary N) is 2. The van der Waals surface area contributed by atoms with Gasteiger partial charge in [-0.15, -0.1) is 0 Å². The van der Waals surface area contributed by atoms with Gasteiger partial charge in [-0.25, -0.2) is 4.79 Å². The number of carbonyl (C=O) groups is 6. The lowest BCUT2D eigenvalue weighted by Gasteiger charge is -2.27. The molecule has 0 saturated heterocycles. The number of aliphatic carboxylic acids is 2. The van der Waals surface area contributed by atoms with E-state index in [0.29, 0.717) is 5.56 Å². The molecule has 13 nitrogen and oxygen atoms in total. The summed E-state index contributed by atoms with van der Waals surface area (Å²) in [6.07, 6.45) is -0.992. The van der Waals surface area contributed by atoms with Crippen LogP contribution in [0, 0.1) is 5.92 Å². The number of hydrogen-bond donors (Lipinski definition) is 7. The standard InChI is InChI=1S/C24H35N5O8/c1-13(2)20(23(35)28-17(24(36)37)12-14-6-4-3-5-7-14)29-22(34)16(9-11-19(31)32)27-21(33)15(25)8-10-18(26)30/h3-7,13,15-17,20H,8-12,25H2,1-2H3,(H2,26,30)(H,27,33)(H,28,35)(H,29,34)(H,31,32)(H,36,37). The molecule has 0 bridgehead atoms. The Kier molecular flexibility index (Phi) is 12.7. The van der Waals surface area contributed by atoms with Gasteiger partial charge in [0.15, 0.2) is 0 Å². The van der Waals surface area contributed by atoms with E-state index in [1.54, 1.807) is 44.2 Å². The summed E-state index contributed by atoms with van der Waals surface area (Å²) in [4.78, 5) is 72.1. The monoisotopic (exact) mass is 521 g/mol. The summed E-state index contributed by atoms with van der Waals surface area (Å²) in [6.45, 7) is 3.25. The summed E-state index contributed by atoms with van der Waals surface area (Å²) < 4.78 is 0. The molecular formula is C24H35N5O8. The molecule has 13 heteroatoms. The van der Waals surface area contributed by atoms with Crippen LogP contribution in [-0.2, 0) is 35.2 Å². The van der Waals surface area contributed by atoms with Gasteiger partial charge >= 0.3 is 11.9 Å². The second-order valence-electron chi connectivity index (χ2n) is 8.92. The molecule has 0 aromatic heterocycles. The van der Waals surface area contributed by atoms with Crippen LogP contribution in [-0.4, -0.2) is 69.9 Å². The predicted molar refractivity (Wildman–Crippen MR) is 132 cm³/mol. The van der Waals surface area contributed by atoms with Crippen molar-refractivity contribution in [1.29, 1.82) is 0 Å². The lowest BCUT2D eigenvalue weighted by atomic mass is 10.00. The number of rotatable bonds is 16. The van der Waals surface area contributed by atoms with Gasteiger partial charge in [0, 0.05) is 19.3 Å². The fourth-order valence-electron chi connectivity index (χ4n) is 3.34. The normalized spacial score (nSPS) is 14.1. The highest BCUT2D eigenvalue weighted by Gasteiger charge is 2.32. The first kappa shape index (κ1) is 31.0. The Bertz CT molecular complexity index is 969. The van der Waals surface area contributed by atoms with Gasteiger partial charge in [0.05, 0.1) is 6.04 Å². The predicted octanol–water partition coefficient (Wildman–Crippen LogP) is -1.12. The maximum Gasteiger partial charge on any atom is 0.326 e. The maximum absolute atomic E-state index is 13.0. The van der Waals surface area contributed by atoms with Gasteiger partial charge in [-0.2, -0.15) is 0 Å². The Balaban J connectivity index is 2.97. The fourth-order valence-corrected chi connectivity index (χ4v) is 3.34. The number of amides is 4. The lowest BCUT2D eigenvalue weighted by molar-refractivity contribution is -0.142. The van der Waals surface area contributed by atoms with Gasteiger partial charge < -0.3 is 37.6 Å². The maximum atomic E-state index is 13.0. The van der Waals surface area contributed by atoms with Gasteiger partial charge in [-0.1, -0.05) is 44.2 Å². The van der Waals surface area contributed by atoms with Crippen molar-refractivity contribution in [3.05, 3.63) is 35.9 Å². The topological polar surface area (TPSA) is 231 Å². The number of carboxylic acids is 2. The quantitative estimate of drug-likeness (QED) is 0.139. The second kappa shape index (κ2) is 15.2. The Morgan fingerprint density at radius 1 is 0.811 bits per heavy atom. The van der Waals surface area contributed by atoms with Crippen molar-refractivity contribution < 1.29 is 39.0 Å². The third-order valence-corrected chi connectivity index (χ3v) is 5.46. The van der Waals surface area contributed by atoms with Crippen molar-refractivity contribution >= 4 is 35.6 Å². The summed E-state index contributed by atoms with van der Waals surface area (Å²) in [5.74, 6) is -6.03. The lowest BCUT2D eigenvalue weighted by Crippen LogP contribution is -2.58. The highest BCUT2D eigenvalue weighted by Crippen LogP contribution is 2.08. The highest BCUT2D eigenvalue weighted by molar-refractivity contribution is 5.94. The van der Waals surface area contributed by atoms with Crippen molar-refractivity contribution in [2.24, 2.45) is 17.4 Å². The van der Waals surface area contributed by atoms with Crippen LogP contribution in [0.4, 0.5) is 0 Å². The molecule has 0 heterocycles. The van der Waals surface area contributed by atoms with Gasteiger partial charge in [-0.3, -0.25) is 24.0 Å². The molecule has 204 valence electrons. The molecule has 4 amide bonds. The summed E-state index contributed by atoms with van der Waals surface area (Å²) in [7, 11) is 0. The van der Waals surface area contributed by atoms with E-state index < -0.39 is 72.1 Å². The minimum absolute atomic E-state index is 0.0150. The summed E-state index contributed by atoms with van der Waals surface area (Å²) in [5.41, 5.74) is 11.5. The number of primary amides is 1. The van der Waals surface area contributed by atoms with Crippen LogP contribution >= 0.6 is 0 Å². The molecule has 0 aliphatic heterocycles. The average molecular weight is 522 g/mol. The van der Waals surface area contributed by atoms with Crippen molar-refractivity contribution in [1.82, 2.24) is 16.0 Å². The molecule has 37 heavy (non-hydrogen) atoms. The minimum atomic E-state index is -1.35. The molecule has 1 rings (SSSR count). The van der Waals surface area contributed by atoms with E-state index in [1.807, 2.05) is 0 Å².